The van der Waals surface area contributed by atoms with Gasteiger partial charge in [-0.25, -0.2) is 0 Å². The molecule has 0 saturated carbocycles. The monoisotopic (exact) mass is 322 g/mol. The Morgan fingerprint density at radius 2 is 1.93 bits per heavy atom. The molecule has 76 valence electrons. The Kier molecular flexibility index (Phi) is 3.95. The second kappa shape index (κ2) is 4.79. The summed E-state index contributed by atoms with van der Waals surface area (Å²) in [5.41, 5.74) is 0.790. The van der Waals surface area contributed by atoms with Gasteiger partial charge in [-0.3, -0.25) is 4.79 Å². The molecule has 0 aliphatic rings. The zero-order valence-electron chi connectivity index (χ0n) is 7.38. The Morgan fingerprint density at radius 1 is 1.43 bits per heavy atom. The fourth-order valence-electron chi connectivity index (χ4n) is 0.901. The van der Waals surface area contributed by atoms with Gasteiger partial charge in [-0.15, -0.1) is 0 Å². The third-order valence-corrected chi connectivity index (χ3v) is 2.96. The van der Waals surface area contributed by atoms with Crippen LogP contribution in [0.3, 0.4) is 0 Å². The largest absolute Gasteiger partial charge is 0.508 e. The van der Waals surface area contributed by atoms with Crippen molar-refractivity contribution in [3.8, 4) is 5.75 Å². The third-order valence-electron chi connectivity index (χ3n) is 1.55. The molecule has 0 aromatic heterocycles. The molecule has 14 heavy (non-hydrogen) atoms. The Hall–Kier alpha value is -0.550. The van der Waals surface area contributed by atoms with E-state index in [0.717, 1.165) is 5.56 Å². The zero-order chi connectivity index (χ0) is 10.7. The first kappa shape index (κ1) is 11.5. The Balaban J connectivity index is 2.91. The lowest BCUT2D eigenvalue weighted by atomic mass is 10.2. The van der Waals surface area contributed by atoms with Crippen molar-refractivity contribution in [2.75, 3.05) is 0 Å². The first-order valence-electron chi connectivity index (χ1n) is 3.81. The molecule has 1 N–H and O–H groups in total. The predicted octanol–water partition coefficient (Wildman–Crippen LogP) is 2.98. The van der Waals surface area contributed by atoms with Crippen molar-refractivity contribution in [2.24, 2.45) is 0 Å². The van der Waals surface area contributed by atoms with Crippen molar-refractivity contribution in [1.82, 2.24) is 0 Å². The number of carbonyl (C=O) groups excluding carboxylic acids is 1. The standard InChI is InChI=1S/C9H8Br2O3/c1-5(12)14-4-7-8(10)2-6(13)3-9(7)11/h2-3,13H,4H2,1H3. The van der Waals surface area contributed by atoms with E-state index < -0.39 is 0 Å². The maximum Gasteiger partial charge on any atom is 0.302 e. The molecule has 0 saturated heterocycles. The highest BCUT2D eigenvalue weighted by Gasteiger charge is 2.08. The van der Waals surface area contributed by atoms with Gasteiger partial charge in [0.1, 0.15) is 12.4 Å². The Labute approximate surface area is 98.3 Å². The number of hydrogen-bond donors (Lipinski definition) is 1. The van der Waals surface area contributed by atoms with E-state index in [9.17, 15) is 9.90 Å². The van der Waals surface area contributed by atoms with Gasteiger partial charge < -0.3 is 9.84 Å². The summed E-state index contributed by atoms with van der Waals surface area (Å²) in [6.07, 6.45) is 0. The molecule has 5 heteroatoms. The fraction of sp³-hybridized carbons (Fsp3) is 0.222. The van der Waals surface area contributed by atoms with Crippen LogP contribution >= 0.6 is 31.9 Å². The molecule has 0 unspecified atom stereocenters. The molecule has 1 aromatic carbocycles. The fourth-order valence-corrected chi connectivity index (χ4v) is 2.29. The highest BCUT2D eigenvalue weighted by atomic mass is 79.9. The van der Waals surface area contributed by atoms with Crippen LogP contribution < -0.4 is 0 Å². The van der Waals surface area contributed by atoms with Gasteiger partial charge in [0.05, 0.1) is 0 Å². The second-order valence-electron chi connectivity index (χ2n) is 2.67. The van der Waals surface area contributed by atoms with Crippen LogP contribution in [0.4, 0.5) is 0 Å². The average molecular weight is 324 g/mol. The molecular formula is C9H8Br2O3. The minimum Gasteiger partial charge on any atom is -0.508 e. The summed E-state index contributed by atoms with van der Waals surface area (Å²) in [6, 6.07) is 3.09. The zero-order valence-corrected chi connectivity index (χ0v) is 10.6. The van der Waals surface area contributed by atoms with E-state index >= 15 is 0 Å². The van der Waals surface area contributed by atoms with Crippen molar-refractivity contribution >= 4 is 37.8 Å². The van der Waals surface area contributed by atoms with Gasteiger partial charge in [-0.05, 0) is 12.1 Å². The van der Waals surface area contributed by atoms with Crippen LogP contribution in [0.15, 0.2) is 21.1 Å². The molecule has 0 heterocycles. The summed E-state index contributed by atoms with van der Waals surface area (Å²) in [4.78, 5) is 10.6. The molecule has 0 atom stereocenters. The highest BCUT2D eigenvalue weighted by molar-refractivity contribution is 9.11. The number of aromatic hydroxyl groups is 1. The molecular weight excluding hydrogens is 316 g/mol. The van der Waals surface area contributed by atoms with Crippen LogP contribution in [0.25, 0.3) is 0 Å². The van der Waals surface area contributed by atoms with Crippen LogP contribution in [0.1, 0.15) is 12.5 Å². The lowest BCUT2D eigenvalue weighted by molar-refractivity contribution is -0.142. The molecule has 0 aliphatic carbocycles. The molecule has 3 nitrogen and oxygen atoms in total. The van der Waals surface area contributed by atoms with Crippen LogP contribution in [-0.4, -0.2) is 11.1 Å². The van der Waals surface area contributed by atoms with Crippen molar-refractivity contribution in [3.05, 3.63) is 26.6 Å². The number of carbonyl (C=O) groups is 1. The molecule has 1 aromatic rings. The number of hydrogen-bond acceptors (Lipinski definition) is 3. The molecule has 1 rings (SSSR count). The smallest absolute Gasteiger partial charge is 0.302 e. The van der Waals surface area contributed by atoms with Crippen molar-refractivity contribution < 1.29 is 14.6 Å². The third kappa shape index (κ3) is 2.99. The second-order valence-corrected chi connectivity index (χ2v) is 4.38. The molecule has 0 fully saturated rings. The maximum atomic E-state index is 10.6. The van der Waals surface area contributed by atoms with Crippen molar-refractivity contribution in [3.63, 3.8) is 0 Å². The van der Waals surface area contributed by atoms with Gasteiger partial charge >= 0.3 is 5.97 Å². The van der Waals surface area contributed by atoms with E-state index in [1.54, 1.807) is 12.1 Å². The number of rotatable bonds is 2. The Morgan fingerprint density at radius 3 is 2.36 bits per heavy atom. The lowest BCUT2D eigenvalue weighted by Gasteiger charge is -2.07. The van der Waals surface area contributed by atoms with Gasteiger partial charge in [0.2, 0.25) is 0 Å². The normalized spacial score (nSPS) is 9.93. The number of halogens is 2. The van der Waals surface area contributed by atoms with Crippen molar-refractivity contribution in [2.45, 2.75) is 13.5 Å². The van der Waals surface area contributed by atoms with E-state index in [-0.39, 0.29) is 18.3 Å². The van der Waals surface area contributed by atoms with Crippen molar-refractivity contribution in [1.29, 1.82) is 0 Å². The highest BCUT2D eigenvalue weighted by Crippen LogP contribution is 2.30. The summed E-state index contributed by atoms with van der Waals surface area (Å²) in [6.45, 7) is 1.53. The SMILES string of the molecule is CC(=O)OCc1c(Br)cc(O)cc1Br. The van der Waals surface area contributed by atoms with Gasteiger partial charge in [0.25, 0.3) is 0 Å². The topological polar surface area (TPSA) is 46.5 Å². The number of benzene rings is 1. The van der Waals surface area contributed by atoms with E-state index in [4.69, 9.17) is 4.74 Å². The number of phenolic OH excluding ortho intramolecular Hbond substituents is 1. The lowest BCUT2D eigenvalue weighted by Crippen LogP contribution is -2.00. The summed E-state index contributed by atoms with van der Waals surface area (Å²) in [7, 11) is 0. The molecule has 0 aliphatic heterocycles. The first-order chi connectivity index (χ1) is 6.50. The summed E-state index contributed by atoms with van der Waals surface area (Å²) in [5.74, 6) is -0.188. The van der Waals surface area contributed by atoms with Gasteiger partial charge in [-0.2, -0.15) is 0 Å². The minimum atomic E-state index is -0.336. The van der Waals surface area contributed by atoms with Crippen LogP contribution in [0.5, 0.6) is 5.75 Å². The summed E-state index contributed by atoms with van der Waals surface area (Å²) in [5, 5.41) is 9.23. The van der Waals surface area contributed by atoms with E-state index in [0.29, 0.717) is 8.95 Å². The molecule has 0 amide bonds. The quantitative estimate of drug-likeness (QED) is 0.851. The number of ether oxygens (including phenoxy) is 1. The number of phenols is 1. The van der Waals surface area contributed by atoms with Crippen LogP contribution in [0.2, 0.25) is 0 Å². The molecule has 0 spiro atoms. The average Bonchev–Trinajstić information content (AvgIpc) is 2.01. The van der Waals surface area contributed by atoms with Gasteiger partial charge in [0, 0.05) is 21.4 Å². The molecule has 0 radical (unpaired) electrons. The summed E-state index contributed by atoms with van der Waals surface area (Å²) < 4.78 is 6.25. The van der Waals surface area contributed by atoms with Gasteiger partial charge in [0.15, 0.2) is 0 Å². The van der Waals surface area contributed by atoms with E-state index in [1.165, 1.54) is 6.92 Å². The van der Waals surface area contributed by atoms with Gasteiger partial charge in [-0.1, -0.05) is 31.9 Å². The minimum absolute atomic E-state index is 0.148. The molecule has 0 bridgehead atoms. The van der Waals surface area contributed by atoms with Crippen LogP contribution in [-0.2, 0) is 16.1 Å². The summed E-state index contributed by atoms with van der Waals surface area (Å²) >= 11 is 6.53. The van der Waals surface area contributed by atoms with E-state index in [1.807, 2.05) is 0 Å². The predicted molar refractivity (Wildman–Crippen MR) is 59.0 cm³/mol. The maximum absolute atomic E-state index is 10.6. The first-order valence-corrected chi connectivity index (χ1v) is 5.39. The number of esters is 1. The Bertz CT molecular complexity index is 340. The van der Waals surface area contributed by atoms with Crippen LogP contribution in [0, 0.1) is 0 Å². The van der Waals surface area contributed by atoms with E-state index in [2.05, 4.69) is 31.9 Å².